The third-order valence-corrected chi connectivity index (χ3v) is 5.06. The monoisotopic (exact) mass is 418 g/mol. The van der Waals surface area contributed by atoms with Crippen molar-refractivity contribution in [3.8, 4) is 11.5 Å². The Bertz CT molecular complexity index is 808. The number of aliphatic hydroxyl groups excluding tert-OH is 1. The largest absolute Gasteiger partial charge is 0.454 e. The Morgan fingerprint density at radius 3 is 2.85 bits per heavy atom. The summed E-state index contributed by atoms with van der Waals surface area (Å²) in [7, 11) is 0. The summed E-state index contributed by atoms with van der Waals surface area (Å²) >= 11 is 3.56. The van der Waals surface area contributed by atoms with E-state index in [4.69, 9.17) is 10.6 Å². The number of hydrazine groups is 1. The molecule has 0 aliphatic heterocycles. The van der Waals surface area contributed by atoms with Crippen LogP contribution in [0.5, 0.6) is 11.5 Å². The Kier molecular flexibility index (Phi) is 5.80. The lowest BCUT2D eigenvalue weighted by atomic mass is 10.1. The number of nitrogens with one attached hydrogen (secondary N) is 2. The summed E-state index contributed by atoms with van der Waals surface area (Å²) in [5.41, 5.74) is 5.36. The minimum atomic E-state index is -0.892. The van der Waals surface area contributed by atoms with Gasteiger partial charge in [0.2, 0.25) is 0 Å². The van der Waals surface area contributed by atoms with Crippen LogP contribution in [0.15, 0.2) is 47.1 Å². The molecule has 7 heteroatoms. The van der Waals surface area contributed by atoms with Crippen molar-refractivity contribution in [2.75, 3.05) is 17.3 Å². The van der Waals surface area contributed by atoms with Gasteiger partial charge in [-0.3, -0.25) is 10.8 Å². The maximum atomic E-state index is 10.3. The first-order chi connectivity index (χ1) is 12.5. The van der Waals surface area contributed by atoms with Gasteiger partial charge in [0.25, 0.3) is 0 Å². The van der Waals surface area contributed by atoms with E-state index < -0.39 is 6.10 Å². The van der Waals surface area contributed by atoms with Crippen LogP contribution in [-0.2, 0) is 0 Å². The lowest BCUT2D eigenvalue weighted by Gasteiger charge is -2.18. The topological polar surface area (TPSA) is 92.4 Å². The van der Waals surface area contributed by atoms with Gasteiger partial charge in [0, 0.05) is 12.7 Å². The first kappa shape index (κ1) is 18.7. The van der Waals surface area contributed by atoms with Crippen LogP contribution in [0.25, 0.3) is 0 Å². The van der Waals surface area contributed by atoms with Gasteiger partial charge in [-0.1, -0.05) is 6.58 Å². The molecule has 1 aliphatic rings. The fourth-order valence-corrected chi connectivity index (χ4v) is 3.09. The standard InChI is InChI=1S/C19H23BrN4O2/c1-11(2)19(25)18-15(4-3-9-22-18)26-14-8-7-13(17(24-21)16(14)20)23-10-12-5-6-12/h3-4,7-9,12,19,23-25H,1,5-6,10,21H2,2H3. The molecule has 1 atom stereocenters. The molecule has 0 amide bonds. The summed E-state index contributed by atoms with van der Waals surface area (Å²) in [5.74, 6) is 7.49. The molecule has 0 saturated heterocycles. The van der Waals surface area contributed by atoms with Crippen molar-refractivity contribution in [2.45, 2.75) is 25.9 Å². The minimum Gasteiger partial charge on any atom is -0.454 e. The molecule has 26 heavy (non-hydrogen) atoms. The molecule has 3 rings (SSSR count). The number of anilines is 2. The summed E-state index contributed by atoms with van der Waals surface area (Å²) in [6, 6.07) is 7.29. The number of pyridine rings is 1. The first-order valence-electron chi connectivity index (χ1n) is 8.50. The van der Waals surface area contributed by atoms with Crippen molar-refractivity contribution < 1.29 is 9.84 Å². The molecular formula is C19H23BrN4O2. The fraction of sp³-hybridized carbons (Fsp3) is 0.316. The van der Waals surface area contributed by atoms with E-state index in [2.05, 4.69) is 38.2 Å². The smallest absolute Gasteiger partial charge is 0.152 e. The van der Waals surface area contributed by atoms with Crippen LogP contribution >= 0.6 is 15.9 Å². The number of hydrogen-bond acceptors (Lipinski definition) is 6. The van der Waals surface area contributed by atoms with Crippen molar-refractivity contribution >= 4 is 27.3 Å². The summed E-state index contributed by atoms with van der Waals surface area (Å²) in [6.07, 6.45) is 3.27. The lowest BCUT2D eigenvalue weighted by Crippen LogP contribution is -2.12. The van der Waals surface area contributed by atoms with E-state index in [0.717, 1.165) is 18.2 Å². The number of halogens is 1. The lowest BCUT2D eigenvalue weighted by molar-refractivity contribution is 0.207. The molecule has 1 fully saturated rings. The number of nitrogen functional groups attached to an aromatic ring is 1. The highest BCUT2D eigenvalue weighted by Crippen LogP contribution is 2.41. The molecule has 1 heterocycles. The first-order valence-corrected chi connectivity index (χ1v) is 9.29. The van der Waals surface area contributed by atoms with Crippen LogP contribution < -0.4 is 21.3 Å². The van der Waals surface area contributed by atoms with Gasteiger partial charge in [0.1, 0.15) is 17.5 Å². The summed E-state index contributed by atoms with van der Waals surface area (Å²) in [4.78, 5) is 4.24. The van der Waals surface area contributed by atoms with E-state index in [1.807, 2.05) is 12.1 Å². The van der Waals surface area contributed by atoms with Crippen LogP contribution in [0.3, 0.4) is 0 Å². The van der Waals surface area contributed by atoms with E-state index in [-0.39, 0.29) is 0 Å². The van der Waals surface area contributed by atoms with Gasteiger partial charge < -0.3 is 20.6 Å². The Morgan fingerprint density at radius 1 is 1.42 bits per heavy atom. The van der Waals surface area contributed by atoms with E-state index >= 15 is 0 Å². The van der Waals surface area contributed by atoms with E-state index in [1.54, 1.807) is 25.3 Å². The molecule has 5 N–H and O–H groups in total. The molecule has 1 aliphatic carbocycles. The molecule has 0 radical (unpaired) electrons. The highest BCUT2D eigenvalue weighted by atomic mass is 79.9. The Balaban J connectivity index is 1.87. The molecule has 138 valence electrons. The van der Waals surface area contributed by atoms with E-state index in [0.29, 0.717) is 32.9 Å². The SMILES string of the molecule is C=C(C)C(O)c1ncccc1Oc1ccc(NCC2CC2)c(NN)c1Br. The third-order valence-electron chi connectivity index (χ3n) is 4.27. The quantitative estimate of drug-likeness (QED) is 0.289. The number of benzene rings is 1. The van der Waals surface area contributed by atoms with Crippen molar-refractivity contribution in [1.82, 2.24) is 4.98 Å². The zero-order chi connectivity index (χ0) is 18.7. The summed E-state index contributed by atoms with van der Waals surface area (Å²) < 4.78 is 6.71. The van der Waals surface area contributed by atoms with Gasteiger partial charge in [-0.15, -0.1) is 0 Å². The maximum Gasteiger partial charge on any atom is 0.152 e. The van der Waals surface area contributed by atoms with Crippen molar-refractivity contribution in [2.24, 2.45) is 11.8 Å². The number of aromatic nitrogens is 1. The van der Waals surface area contributed by atoms with E-state index in [1.165, 1.54) is 12.8 Å². The van der Waals surface area contributed by atoms with Crippen LogP contribution in [0.1, 0.15) is 31.6 Å². The van der Waals surface area contributed by atoms with Gasteiger partial charge >= 0.3 is 0 Å². The second kappa shape index (κ2) is 8.07. The molecular weight excluding hydrogens is 396 g/mol. The zero-order valence-corrected chi connectivity index (χ0v) is 16.2. The molecule has 1 unspecified atom stereocenters. The summed E-state index contributed by atoms with van der Waals surface area (Å²) in [6.45, 7) is 6.46. The van der Waals surface area contributed by atoms with E-state index in [9.17, 15) is 5.11 Å². The maximum absolute atomic E-state index is 10.3. The predicted octanol–water partition coefficient (Wildman–Crippen LogP) is 4.35. The molecule has 1 aromatic heterocycles. The fourth-order valence-electron chi connectivity index (χ4n) is 2.55. The number of nitrogens with zero attached hydrogens (tertiary/aromatic N) is 1. The van der Waals surface area contributed by atoms with Crippen LogP contribution in [0, 0.1) is 5.92 Å². The molecule has 2 aromatic rings. The van der Waals surface area contributed by atoms with Gasteiger partial charge in [0.15, 0.2) is 5.75 Å². The van der Waals surface area contributed by atoms with Gasteiger partial charge in [-0.25, -0.2) is 0 Å². The van der Waals surface area contributed by atoms with Crippen LogP contribution in [-0.4, -0.2) is 16.6 Å². The number of hydrogen-bond donors (Lipinski definition) is 4. The molecule has 0 spiro atoms. The predicted molar refractivity (Wildman–Crippen MR) is 107 cm³/mol. The Hall–Kier alpha value is -2.09. The van der Waals surface area contributed by atoms with Gasteiger partial charge in [0.05, 0.1) is 15.8 Å². The summed E-state index contributed by atoms with van der Waals surface area (Å²) in [5, 5.41) is 13.7. The Labute approximate surface area is 161 Å². The highest BCUT2D eigenvalue weighted by molar-refractivity contribution is 9.10. The van der Waals surface area contributed by atoms with Crippen molar-refractivity contribution in [1.29, 1.82) is 0 Å². The molecule has 1 saturated carbocycles. The van der Waals surface area contributed by atoms with Crippen LogP contribution in [0.2, 0.25) is 0 Å². The number of aliphatic hydroxyl groups is 1. The molecule has 0 bridgehead atoms. The van der Waals surface area contributed by atoms with Crippen molar-refractivity contribution in [3.05, 3.63) is 52.8 Å². The molecule has 1 aromatic carbocycles. The number of ether oxygens (including phenoxy) is 1. The van der Waals surface area contributed by atoms with Gasteiger partial charge in [-0.05, 0) is 71.5 Å². The zero-order valence-electron chi connectivity index (χ0n) is 14.6. The van der Waals surface area contributed by atoms with Crippen molar-refractivity contribution in [3.63, 3.8) is 0 Å². The van der Waals surface area contributed by atoms with Gasteiger partial charge in [-0.2, -0.15) is 0 Å². The average molecular weight is 419 g/mol. The number of nitrogens with two attached hydrogens (primary N) is 1. The average Bonchev–Trinajstić information content (AvgIpc) is 3.46. The highest BCUT2D eigenvalue weighted by Gasteiger charge is 2.22. The normalized spacial score (nSPS) is 14.6. The second-order valence-electron chi connectivity index (χ2n) is 6.51. The second-order valence-corrected chi connectivity index (χ2v) is 7.30. The van der Waals surface area contributed by atoms with Crippen LogP contribution in [0.4, 0.5) is 11.4 Å². The molecule has 6 nitrogen and oxygen atoms in total. The number of rotatable bonds is 8. The minimum absolute atomic E-state index is 0.421. The third kappa shape index (κ3) is 4.17. The Morgan fingerprint density at radius 2 is 2.19 bits per heavy atom.